The van der Waals surface area contributed by atoms with Gasteiger partial charge in [0.15, 0.2) is 0 Å². The lowest BCUT2D eigenvalue weighted by Crippen LogP contribution is -2.33. The third kappa shape index (κ3) is 4.49. The highest BCUT2D eigenvalue weighted by molar-refractivity contribution is 5.72. The second-order valence-electron chi connectivity index (χ2n) is 4.91. The van der Waals surface area contributed by atoms with E-state index in [1.807, 2.05) is 13.8 Å². The fraction of sp³-hybridized carbons (Fsp3) is 0.917. The molecule has 0 aromatic carbocycles. The molecule has 0 aromatic rings. The molecule has 0 unspecified atom stereocenters. The lowest BCUT2D eigenvalue weighted by Gasteiger charge is -2.24. The Labute approximate surface area is 97.7 Å². The SMILES string of the molecule is COC(C)(C)CCOC(=O)C1CCNCC1. The summed E-state index contributed by atoms with van der Waals surface area (Å²) >= 11 is 0. The highest BCUT2D eigenvalue weighted by Gasteiger charge is 2.23. The monoisotopic (exact) mass is 229 g/mol. The van der Waals surface area contributed by atoms with Crippen molar-refractivity contribution < 1.29 is 14.3 Å². The topological polar surface area (TPSA) is 47.6 Å². The summed E-state index contributed by atoms with van der Waals surface area (Å²) in [6.07, 6.45) is 2.53. The third-order valence-corrected chi connectivity index (χ3v) is 3.17. The van der Waals surface area contributed by atoms with E-state index in [4.69, 9.17) is 9.47 Å². The Balaban J connectivity index is 2.19. The number of esters is 1. The summed E-state index contributed by atoms with van der Waals surface area (Å²) in [6.45, 7) is 6.27. The molecule has 0 aromatic heterocycles. The van der Waals surface area contributed by atoms with E-state index in [1.54, 1.807) is 7.11 Å². The molecule has 1 fully saturated rings. The van der Waals surface area contributed by atoms with Crippen LogP contribution in [0.25, 0.3) is 0 Å². The van der Waals surface area contributed by atoms with Crippen LogP contribution in [0, 0.1) is 5.92 Å². The number of piperidine rings is 1. The summed E-state index contributed by atoms with van der Waals surface area (Å²) in [5, 5.41) is 3.23. The van der Waals surface area contributed by atoms with Gasteiger partial charge in [-0.1, -0.05) is 0 Å². The molecule has 0 radical (unpaired) electrons. The van der Waals surface area contributed by atoms with Crippen molar-refractivity contribution in [3.63, 3.8) is 0 Å². The molecule has 0 amide bonds. The van der Waals surface area contributed by atoms with E-state index in [1.165, 1.54) is 0 Å². The van der Waals surface area contributed by atoms with Crippen LogP contribution in [-0.4, -0.2) is 38.4 Å². The number of carbonyl (C=O) groups excluding carboxylic acids is 1. The minimum absolute atomic E-state index is 0.0478. The molecule has 0 saturated carbocycles. The Morgan fingerprint density at radius 2 is 2.00 bits per heavy atom. The van der Waals surface area contributed by atoms with Crippen LogP contribution < -0.4 is 5.32 Å². The first-order chi connectivity index (χ1) is 7.55. The molecule has 0 atom stereocenters. The molecule has 4 heteroatoms. The highest BCUT2D eigenvalue weighted by Crippen LogP contribution is 2.16. The average Bonchev–Trinajstić information content (AvgIpc) is 2.30. The van der Waals surface area contributed by atoms with Gasteiger partial charge in [0.1, 0.15) is 0 Å². The predicted molar refractivity (Wildman–Crippen MR) is 62.3 cm³/mol. The van der Waals surface area contributed by atoms with Crippen molar-refractivity contribution in [2.75, 3.05) is 26.8 Å². The van der Waals surface area contributed by atoms with E-state index in [9.17, 15) is 4.79 Å². The van der Waals surface area contributed by atoms with E-state index in [2.05, 4.69) is 5.32 Å². The zero-order valence-electron chi connectivity index (χ0n) is 10.5. The zero-order chi connectivity index (χ0) is 12.0. The second kappa shape index (κ2) is 6.21. The normalized spacial score (nSPS) is 18.4. The first-order valence-corrected chi connectivity index (χ1v) is 5.98. The van der Waals surface area contributed by atoms with Crippen LogP contribution in [0.3, 0.4) is 0 Å². The van der Waals surface area contributed by atoms with Gasteiger partial charge in [-0.15, -0.1) is 0 Å². The maximum atomic E-state index is 11.7. The van der Waals surface area contributed by atoms with Gasteiger partial charge in [0.25, 0.3) is 0 Å². The fourth-order valence-corrected chi connectivity index (χ4v) is 1.67. The lowest BCUT2D eigenvalue weighted by molar-refractivity contribution is -0.150. The minimum atomic E-state index is -0.214. The van der Waals surface area contributed by atoms with Crippen LogP contribution in [0.4, 0.5) is 0 Å². The van der Waals surface area contributed by atoms with Crippen molar-refractivity contribution in [2.45, 2.75) is 38.7 Å². The molecule has 1 N–H and O–H groups in total. The average molecular weight is 229 g/mol. The van der Waals surface area contributed by atoms with Crippen LogP contribution in [0.2, 0.25) is 0 Å². The van der Waals surface area contributed by atoms with Gasteiger partial charge in [0.05, 0.1) is 18.1 Å². The Morgan fingerprint density at radius 1 is 1.38 bits per heavy atom. The molecule has 1 aliphatic heterocycles. The molecule has 4 nitrogen and oxygen atoms in total. The van der Waals surface area contributed by atoms with Gasteiger partial charge in [0, 0.05) is 13.5 Å². The van der Waals surface area contributed by atoms with Gasteiger partial charge in [-0.2, -0.15) is 0 Å². The van der Waals surface area contributed by atoms with Crippen molar-refractivity contribution in [1.82, 2.24) is 5.32 Å². The van der Waals surface area contributed by atoms with Crippen molar-refractivity contribution in [1.29, 1.82) is 0 Å². The summed E-state index contributed by atoms with van der Waals surface area (Å²) in [5.74, 6) is 0.0420. The second-order valence-corrected chi connectivity index (χ2v) is 4.91. The van der Waals surface area contributed by atoms with E-state index >= 15 is 0 Å². The minimum Gasteiger partial charge on any atom is -0.465 e. The van der Waals surface area contributed by atoms with Crippen LogP contribution in [-0.2, 0) is 14.3 Å². The Hall–Kier alpha value is -0.610. The number of methoxy groups -OCH3 is 1. The maximum Gasteiger partial charge on any atom is 0.309 e. The maximum absolute atomic E-state index is 11.7. The molecular weight excluding hydrogens is 206 g/mol. The van der Waals surface area contributed by atoms with Crippen molar-refractivity contribution in [3.8, 4) is 0 Å². The fourth-order valence-electron chi connectivity index (χ4n) is 1.67. The summed E-state index contributed by atoms with van der Waals surface area (Å²) in [4.78, 5) is 11.7. The first kappa shape index (κ1) is 13.5. The van der Waals surface area contributed by atoms with Crippen LogP contribution in [0.15, 0.2) is 0 Å². The summed E-state index contributed by atoms with van der Waals surface area (Å²) in [7, 11) is 1.68. The summed E-state index contributed by atoms with van der Waals surface area (Å²) < 4.78 is 10.5. The van der Waals surface area contributed by atoms with Gasteiger partial charge < -0.3 is 14.8 Å². The van der Waals surface area contributed by atoms with E-state index in [0.717, 1.165) is 32.4 Å². The Kier molecular flexibility index (Phi) is 5.22. The van der Waals surface area contributed by atoms with E-state index in [-0.39, 0.29) is 17.5 Å². The van der Waals surface area contributed by atoms with Crippen molar-refractivity contribution >= 4 is 5.97 Å². The number of rotatable bonds is 5. The van der Waals surface area contributed by atoms with Crippen LogP contribution in [0.5, 0.6) is 0 Å². The van der Waals surface area contributed by atoms with Gasteiger partial charge >= 0.3 is 5.97 Å². The molecule has 16 heavy (non-hydrogen) atoms. The smallest absolute Gasteiger partial charge is 0.309 e. The molecule has 1 heterocycles. The van der Waals surface area contributed by atoms with Crippen molar-refractivity contribution in [3.05, 3.63) is 0 Å². The standard InChI is InChI=1S/C12H23NO3/c1-12(2,15-3)6-9-16-11(14)10-4-7-13-8-5-10/h10,13H,4-9H2,1-3H3. The third-order valence-electron chi connectivity index (χ3n) is 3.17. The Bertz CT molecular complexity index is 222. The predicted octanol–water partition coefficient (Wildman–Crippen LogP) is 1.34. The zero-order valence-corrected chi connectivity index (χ0v) is 10.5. The van der Waals surface area contributed by atoms with Gasteiger partial charge in [-0.3, -0.25) is 4.79 Å². The number of ether oxygens (including phenoxy) is 2. The molecule has 0 spiro atoms. The molecule has 94 valence electrons. The first-order valence-electron chi connectivity index (χ1n) is 5.98. The van der Waals surface area contributed by atoms with Gasteiger partial charge in [-0.25, -0.2) is 0 Å². The van der Waals surface area contributed by atoms with Gasteiger partial charge in [0.2, 0.25) is 0 Å². The van der Waals surface area contributed by atoms with Gasteiger partial charge in [-0.05, 0) is 39.8 Å². The molecule has 1 rings (SSSR count). The lowest BCUT2D eigenvalue weighted by atomic mass is 9.98. The number of nitrogens with one attached hydrogen (secondary N) is 1. The summed E-state index contributed by atoms with van der Waals surface area (Å²) in [5.41, 5.74) is -0.214. The largest absolute Gasteiger partial charge is 0.465 e. The molecule has 0 bridgehead atoms. The van der Waals surface area contributed by atoms with E-state index in [0.29, 0.717) is 6.61 Å². The Morgan fingerprint density at radius 3 is 2.56 bits per heavy atom. The van der Waals surface area contributed by atoms with Crippen molar-refractivity contribution in [2.24, 2.45) is 5.92 Å². The number of hydrogen-bond donors (Lipinski definition) is 1. The number of hydrogen-bond acceptors (Lipinski definition) is 4. The van der Waals surface area contributed by atoms with E-state index < -0.39 is 0 Å². The molecular formula is C12H23NO3. The number of carbonyl (C=O) groups is 1. The van der Waals surface area contributed by atoms with Crippen LogP contribution in [0.1, 0.15) is 33.1 Å². The molecule has 1 aliphatic rings. The summed E-state index contributed by atoms with van der Waals surface area (Å²) in [6, 6.07) is 0. The molecule has 1 saturated heterocycles. The quantitative estimate of drug-likeness (QED) is 0.723. The molecule has 0 aliphatic carbocycles. The highest BCUT2D eigenvalue weighted by atomic mass is 16.5. The van der Waals surface area contributed by atoms with Crippen LogP contribution >= 0.6 is 0 Å².